The maximum Gasteiger partial charge on any atom is 0.220 e. The van der Waals surface area contributed by atoms with Crippen molar-refractivity contribution in [3.05, 3.63) is 0 Å². The minimum Gasteiger partial charge on any atom is -0.394 e. The Morgan fingerprint density at radius 2 is 0.427 bits per heavy atom. The van der Waals surface area contributed by atoms with Gasteiger partial charge in [0.2, 0.25) is 5.91 Å². The molecule has 450 valence electrons. The highest BCUT2D eigenvalue weighted by molar-refractivity contribution is 5.76. The van der Waals surface area contributed by atoms with Crippen molar-refractivity contribution >= 4 is 5.91 Å². The van der Waals surface area contributed by atoms with Gasteiger partial charge in [0, 0.05) is 6.42 Å². The molecule has 0 spiro atoms. The molecule has 0 aromatic rings. The summed E-state index contributed by atoms with van der Waals surface area (Å²) in [4.78, 5) is 12.6. The number of hydrogen-bond acceptors (Lipinski definition) is 3. The average molecular weight is 1060 g/mol. The lowest BCUT2D eigenvalue weighted by atomic mass is 10.0. The van der Waals surface area contributed by atoms with Crippen LogP contribution in [0.15, 0.2) is 0 Å². The van der Waals surface area contributed by atoms with Gasteiger partial charge in [0.1, 0.15) is 0 Å². The highest BCUT2D eigenvalue weighted by Gasteiger charge is 2.20. The van der Waals surface area contributed by atoms with Crippen molar-refractivity contribution in [1.29, 1.82) is 0 Å². The molecule has 0 rings (SSSR count). The summed E-state index contributed by atoms with van der Waals surface area (Å²) >= 11 is 0. The second kappa shape index (κ2) is 67.7. The molecule has 0 bridgehead atoms. The fourth-order valence-electron chi connectivity index (χ4n) is 12.0. The molecular weight excluding hydrogens is 915 g/mol. The summed E-state index contributed by atoms with van der Waals surface area (Å²) in [5, 5.41) is 23.5. The molecule has 0 heterocycles. The first-order valence-electron chi connectivity index (χ1n) is 35.7. The van der Waals surface area contributed by atoms with E-state index in [1.54, 1.807) is 0 Å². The molecule has 0 fully saturated rings. The van der Waals surface area contributed by atoms with E-state index in [2.05, 4.69) is 19.2 Å². The fraction of sp³-hybridized carbons (Fsp3) is 0.986. The summed E-state index contributed by atoms with van der Waals surface area (Å²) in [6, 6.07) is -0.533. The molecule has 0 saturated carbocycles. The molecule has 4 heteroatoms. The van der Waals surface area contributed by atoms with Crippen LogP contribution in [-0.4, -0.2) is 34.9 Å². The second-order valence-corrected chi connectivity index (χ2v) is 25.0. The van der Waals surface area contributed by atoms with Gasteiger partial charge in [-0.1, -0.05) is 412 Å². The number of rotatable bonds is 68. The van der Waals surface area contributed by atoms with Crippen LogP contribution in [0.2, 0.25) is 0 Å². The van der Waals surface area contributed by atoms with Crippen molar-refractivity contribution in [1.82, 2.24) is 5.32 Å². The van der Waals surface area contributed by atoms with Gasteiger partial charge in [0.25, 0.3) is 0 Å². The van der Waals surface area contributed by atoms with Gasteiger partial charge in [-0.25, -0.2) is 0 Å². The molecule has 0 aliphatic rings. The van der Waals surface area contributed by atoms with Gasteiger partial charge in [0.05, 0.1) is 18.8 Å². The Morgan fingerprint density at radius 3 is 0.600 bits per heavy atom. The summed E-state index contributed by atoms with van der Waals surface area (Å²) in [5.41, 5.74) is 0. The Bertz CT molecular complexity index is 1020. The van der Waals surface area contributed by atoms with Gasteiger partial charge in [-0.2, -0.15) is 0 Å². The third-order valence-electron chi connectivity index (χ3n) is 17.4. The fourth-order valence-corrected chi connectivity index (χ4v) is 12.0. The molecule has 0 aliphatic heterocycles. The van der Waals surface area contributed by atoms with Gasteiger partial charge < -0.3 is 15.5 Å². The standard InChI is InChI=1S/C71H143NO3/c1-3-5-7-9-11-13-15-17-19-21-23-25-27-28-29-30-31-32-33-34-35-36-37-38-39-40-41-42-43-45-47-49-51-53-55-57-59-61-63-65-67-71(75)72-69(68-73)70(74)66-64-62-60-58-56-54-52-50-48-46-44-26-24-22-20-18-16-14-12-10-8-6-4-2/h69-70,73-74H,3-68H2,1-2H3,(H,72,75). The van der Waals surface area contributed by atoms with Crippen LogP contribution in [0.5, 0.6) is 0 Å². The molecule has 0 radical (unpaired) electrons. The zero-order chi connectivity index (χ0) is 54.1. The lowest BCUT2D eigenvalue weighted by molar-refractivity contribution is -0.123. The van der Waals surface area contributed by atoms with Gasteiger partial charge in [-0.05, 0) is 12.8 Å². The molecule has 4 nitrogen and oxygen atoms in total. The Morgan fingerprint density at radius 1 is 0.267 bits per heavy atom. The minimum atomic E-state index is -0.656. The number of aliphatic hydroxyl groups excluding tert-OH is 2. The maximum atomic E-state index is 12.6. The zero-order valence-corrected chi connectivity index (χ0v) is 52.1. The van der Waals surface area contributed by atoms with E-state index < -0.39 is 12.1 Å². The van der Waals surface area contributed by atoms with Crippen molar-refractivity contribution in [2.24, 2.45) is 0 Å². The molecule has 1 amide bonds. The lowest BCUT2D eigenvalue weighted by Crippen LogP contribution is -2.45. The second-order valence-electron chi connectivity index (χ2n) is 25.0. The monoisotopic (exact) mass is 1060 g/mol. The van der Waals surface area contributed by atoms with Gasteiger partial charge in [-0.3, -0.25) is 4.79 Å². The summed E-state index contributed by atoms with van der Waals surface area (Å²) in [7, 11) is 0. The molecule has 0 saturated heterocycles. The van der Waals surface area contributed by atoms with Crippen LogP contribution in [0.4, 0.5) is 0 Å². The van der Waals surface area contributed by atoms with Crippen LogP contribution >= 0.6 is 0 Å². The number of aliphatic hydroxyl groups is 2. The van der Waals surface area contributed by atoms with Crippen LogP contribution in [0.3, 0.4) is 0 Å². The van der Waals surface area contributed by atoms with Gasteiger partial charge in [0.15, 0.2) is 0 Å². The highest BCUT2D eigenvalue weighted by Crippen LogP contribution is 2.20. The van der Waals surface area contributed by atoms with Gasteiger partial charge >= 0.3 is 0 Å². The third kappa shape index (κ3) is 64.1. The predicted molar refractivity (Wildman–Crippen MR) is 336 cm³/mol. The van der Waals surface area contributed by atoms with Crippen molar-refractivity contribution in [2.75, 3.05) is 6.61 Å². The first-order chi connectivity index (χ1) is 37.2. The number of nitrogens with one attached hydrogen (secondary N) is 1. The summed E-state index contributed by atoms with van der Waals surface area (Å²) < 4.78 is 0. The van der Waals surface area contributed by atoms with E-state index in [0.29, 0.717) is 12.8 Å². The van der Waals surface area contributed by atoms with E-state index in [0.717, 1.165) is 25.7 Å². The zero-order valence-electron chi connectivity index (χ0n) is 52.1. The number of carbonyl (C=O) groups is 1. The first kappa shape index (κ1) is 74.4. The summed E-state index contributed by atoms with van der Waals surface area (Å²) in [6.45, 7) is 4.42. The lowest BCUT2D eigenvalue weighted by Gasteiger charge is -2.22. The van der Waals surface area contributed by atoms with Crippen LogP contribution in [0.1, 0.15) is 431 Å². The molecule has 3 N–H and O–H groups in total. The molecule has 0 aromatic carbocycles. The Balaban J connectivity index is 3.32. The Hall–Kier alpha value is -0.610. The molecule has 0 aliphatic carbocycles. The van der Waals surface area contributed by atoms with Crippen molar-refractivity contribution in [2.45, 2.75) is 443 Å². The van der Waals surface area contributed by atoms with E-state index in [4.69, 9.17) is 0 Å². The van der Waals surface area contributed by atoms with E-state index >= 15 is 0 Å². The number of hydrogen-bond donors (Lipinski definition) is 3. The molecular formula is C71H143NO3. The van der Waals surface area contributed by atoms with Crippen LogP contribution in [-0.2, 0) is 4.79 Å². The quantitative estimate of drug-likeness (QED) is 0.0532. The summed E-state index contributed by atoms with van der Waals surface area (Å²) in [5.74, 6) is -0.0193. The molecule has 2 atom stereocenters. The predicted octanol–water partition coefficient (Wildman–Crippen LogP) is 24.2. The first-order valence-corrected chi connectivity index (χ1v) is 35.7. The molecule has 75 heavy (non-hydrogen) atoms. The van der Waals surface area contributed by atoms with E-state index in [-0.39, 0.29) is 12.5 Å². The smallest absolute Gasteiger partial charge is 0.220 e. The van der Waals surface area contributed by atoms with Crippen molar-refractivity contribution in [3.63, 3.8) is 0 Å². The van der Waals surface area contributed by atoms with Crippen LogP contribution in [0, 0.1) is 0 Å². The SMILES string of the molecule is CCCCCCCCCCCCCCCCCCCCCCCCCCCCCCCCCCCCCCCCCCC(=O)NC(CO)C(O)CCCCCCCCCCCCCCCCCCCCCCCCC. The van der Waals surface area contributed by atoms with E-state index in [1.807, 2.05) is 0 Å². The van der Waals surface area contributed by atoms with Crippen molar-refractivity contribution < 1.29 is 15.0 Å². The molecule has 2 unspecified atom stereocenters. The van der Waals surface area contributed by atoms with E-state index in [9.17, 15) is 15.0 Å². The number of amides is 1. The van der Waals surface area contributed by atoms with Crippen LogP contribution in [0.25, 0.3) is 0 Å². The number of unbranched alkanes of at least 4 members (excludes halogenated alkanes) is 61. The summed E-state index contributed by atoms with van der Waals surface area (Å²) in [6.07, 6.45) is 89.0. The Labute approximate surface area is 474 Å². The van der Waals surface area contributed by atoms with Crippen molar-refractivity contribution in [3.8, 4) is 0 Å². The highest BCUT2D eigenvalue weighted by atomic mass is 16.3. The number of carbonyl (C=O) groups excluding carboxylic acids is 1. The topological polar surface area (TPSA) is 69.6 Å². The minimum absolute atomic E-state index is 0.0193. The third-order valence-corrected chi connectivity index (χ3v) is 17.4. The van der Waals surface area contributed by atoms with E-state index in [1.165, 1.54) is 379 Å². The normalized spacial score (nSPS) is 12.5. The average Bonchev–Trinajstić information content (AvgIpc) is 3.41. The van der Waals surface area contributed by atoms with Gasteiger partial charge in [-0.15, -0.1) is 0 Å². The maximum absolute atomic E-state index is 12.6. The Kier molecular flexibility index (Phi) is 67.1. The van der Waals surface area contributed by atoms with Crippen LogP contribution < -0.4 is 5.32 Å². The molecule has 0 aromatic heterocycles. The largest absolute Gasteiger partial charge is 0.394 e.